The van der Waals surface area contributed by atoms with Gasteiger partial charge in [-0.2, -0.15) is 4.99 Å². The molecule has 0 saturated carbocycles. The van der Waals surface area contributed by atoms with Gasteiger partial charge in [0.1, 0.15) is 6.73 Å². The number of carbonyl (C=O) groups excluding carboxylic acids is 1. The van der Waals surface area contributed by atoms with E-state index in [1.54, 1.807) is 18.3 Å². The van der Waals surface area contributed by atoms with Crippen LogP contribution in [0.1, 0.15) is 60.6 Å². The lowest BCUT2D eigenvalue weighted by Gasteiger charge is -2.35. The minimum absolute atomic E-state index is 0.114. The van der Waals surface area contributed by atoms with E-state index in [0.29, 0.717) is 30.0 Å². The van der Waals surface area contributed by atoms with E-state index in [4.69, 9.17) is 29.0 Å². The number of para-hydroxylation sites is 1. The Bertz CT molecular complexity index is 1920. The summed E-state index contributed by atoms with van der Waals surface area (Å²) in [4.78, 5) is 26.5. The van der Waals surface area contributed by atoms with Gasteiger partial charge in [0.15, 0.2) is 35.6 Å². The Morgan fingerprint density at radius 2 is 1.86 bits per heavy atom. The number of esters is 1. The SMILES string of the molecule is CCOC(=O)c1nc(N2CCCc3c2nnc(/N=c2\sc4ccccc4n2COCC[Si](C)(C)C)c3C)sc1/C=C/CO[Si](C)(C)C(C)(C)C. The zero-order valence-corrected chi connectivity index (χ0v) is 34.9. The smallest absolute Gasteiger partial charge is 0.358 e. The molecule has 50 heavy (non-hydrogen) atoms. The van der Waals surface area contributed by atoms with Crippen molar-refractivity contribution in [1.29, 1.82) is 0 Å². The molecule has 0 N–H and O–H groups in total. The minimum atomic E-state index is -1.91. The molecule has 0 saturated heterocycles. The molecule has 0 atom stereocenters. The third-order valence-corrected chi connectivity index (χ3v) is 17.6. The lowest BCUT2D eigenvalue weighted by atomic mass is 10.0. The van der Waals surface area contributed by atoms with Crippen molar-refractivity contribution in [3.63, 3.8) is 0 Å². The summed E-state index contributed by atoms with van der Waals surface area (Å²) in [6.45, 7) is 24.7. The summed E-state index contributed by atoms with van der Waals surface area (Å²) in [6.07, 6.45) is 5.67. The quantitative estimate of drug-likeness (QED) is 0.0757. The lowest BCUT2D eigenvalue weighted by molar-refractivity contribution is 0.0520. The molecule has 1 aliphatic heterocycles. The van der Waals surface area contributed by atoms with Gasteiger partial charge >= 0.3 is 5.97 Å². The minimum Gasteiger partial charge on any atom is -0.461 e. The second-order valence-electron chi connectivity index (χ2n) is 15.3. The molecule has 1 aromatic carbocycles. The fraction of sp³-hybridized carbons (Fsp3) is 0.528. The van der Waals surface area contributed by atoms with Crippen LogP contribution in [0.3, 0.4) is 0 Å². The van der Waals surface area contributed by atoms with Gasteiger partial charge in [-0.3, -0.25) is 4.57 Å². The summed E-state index contributed by atoms with van der Waals surface area (Å²) in [5.74, 6) is 0.923. The van der Waals surface area contributed by atoms with E-state index in [1.165, 1.54) is 11.3 Å². The average Bonchev–Trinajstić information content (AvgIpc) is 3.63. The molecule has 0 radical (unpaired) electrons. The Balaban J connectivity index is 1.45. The van der Waals surface area contributed by atoms with E-state index in [9.17, 15) is 4.79 Å². The summed E-state index contributed by atoms with van der Waals surface area (Å²) < 4.78 is 21.2. The van der Waals surface area contributed by atoms with Gasteiger partial charge in [-0.25, -0.2) is 9.78 Å². The number of benzene rings is 1. The van der Waals surface area contributed by atoms with Gasteiger partial charge in [0.05, 0.1) is 28.3 Å². The Hall–Kier alpha value is -3.02. The molecule has 5 rings (SSSR count). The highest BCUT2D eigenvalue weighted by Crippen LogP contribution is 2.39. The predicted molar refractivity (Wildman–Crippen MR) is 211 cm³/mol. The number of nitrogens with zero attached hydrogens (tertiary/aromatic N) is 6. The summed E-state index contributed by atoms with van der Waals surface area (Å²) in [5, 5.41) is 10.2. The maximum absolute atomic E-state index is 13.0. The molecule has 4 aromatic rings. The summed E-state index contributed by atoms with van der Waals surface area (Å²) >= 11 is 3.08. The van der Waals surface area contributed by atoms with Crippen LogP contribution in [0.5, 0.6) is 0 Å². The van der Waals surface area contributed by atoms with Crippen molar-refractivity contribution in [3.8, 4) is 0 Å². The van der Waals surface area contributed by atoms with Crippen LogP contribution in [0, 0.1) is 6.92 Å². The third-order valence-electron chi connectivity index (χ3n) is 9.33. The van der Waals surface area contributed by atoms with Gasteiger partial charge in [0.25, 0.3) is 0 Å². The first-order valence-electron chi connectivity index (χ1n) is 17.4. The van der Waals surface area contributed by atoms with Gasteiger partial charge in [-0.1, -0.05) is 81.3 Å². The standard InChI is InChI=1S/C36H52N6O4S2Si2/c1-11-45-33(43)30-29(19-15-21-46-50(9,10)36(3,4)5)48-34(37-30)41-20-14-16-26-25(2)31(39-40-32(26)41)38-35-42(24-44-22-23-49(6,7)8)27-17-12-13-18-28(27)47-35/h12-13,15,17-19H,11,14,16,20-24H2,1-10H3/b19-15+,38-35-. The van der Waals surface area contributed by atoms with Crippen LogP contribution in [-0.2, 0) is 27.1 Å². The largest absolute Gasteiger partial charge is 0.461 e. The highest BCUT2D eigenvalue weighted by Gasteiger charge is 2.36. The molecule has 0 fully saturated rings. The van der Waals surface area contributed by atoms with Gasteiger partial charge in [-0.15, -0.1) is 10.2 Å². The second kappa shape index (κ2) is 15.7. The maximum atomic E-state index is 13.0. The van der Waals surface area contributed by atoms with Gasteiger partial charge in [-0.05, 0) is 69.1 Å². The first-order chi connectivity index (χ1) is 23.6. The predicted octanol–water partition coefficient (Wildman–Crippen LogP) is 9.10. The number of hydrogen-bond acceptors (Lipinski definition) is 11. The van der Waals surface area contributed by atoms with Gasteiger partial charge in [0, 0.05) is 32.4 Å². The third kappa shape index (κ3) is 8.88. The first-order valence-corrected chi connectivity index (χ1v) is 25.7. The van der Waals surface area contributed by atoms with Crippen LogP contribution in [0.2, 0.25) is 43.8 Å². The Morgan fingerprint density at radius 1 is 1.10 bits per heavy atom. The first kappa shape index (κ1) is 38.2. The Morgan fingerprint density at radius 3 is 2.58 bits per heavy atom. The molecule has 1 aliphatic rings. The molecule has 3 aromatic heterocycles. The highest BCUT2D eigenvalue weighted by atomic mass is 32.1. The van der Waals surface area contributed by atoms with Crippen molar-refractivity contribution in [2.75, 3.05) is 31.3 Å². The van der Waals surface area contributed by atoms with Crippen molar-refractivity contribution in [2.24, 2.45) is 4.99 Å². The number of rotatable bonds is 13. The summed E-state index contributed by atoms with van der Waals surface area (Å²) in [5.41, 5.74) is 3.49. The molecular weight excluding hydrogens is 701 g/mol. The van der Waals surface area contributed by atoms with E-state index in [0.717, 1.165) is 68.9 Å². The number of aromatic nitrogens is 4. The van der Waals surface area contributed by atoms with Gasteiger partial charge in [0.2, 0.25) is 0 Å². The van der Waals surface area contributed by atoms with E-state index < -0.39 is 22.4 Å². The molecule has 0 bridgehead atoms. The molecular formula is C36H52N6O4S2Si2. The van der Waals surface area contributed by atoms with Crippen LogP contribution >= 0.6 is 22.7 Å². The average molecular weight is 753 g/mol. The van der Waals surface area contributed by atoms with Crippen LogP contribution in [-0.4, -0.2) is 68.5 Å². The number of carbonyl (C=O) groups is 1. The molecule has 0 amide bonds. The molecule has 4 heterocycles. The molecule has 0 unspecified atom stereocenters. The monoisotopic (exact) mass is 752 g/mol. The molecule has 10 nitrogen and oxygen atoms in total. The Kier molecular flexibility index (Phi) is 12.0. The summed E-state index contributed by atoms with van der Waals surface area (Å²) in [6, 6.07) is 9.43. The number of fused-ring (bicyclic) bond motifs is 2. The van der Waals surface area contributed by atoms with E-state index in [2.05, 4.69) is 87.1 Å². The zero-order chi connectivity index (χ0) is 36.3. The van der Waals surface area contributed by atoms with Crippen molar-refractivity contribution in [2.45, 2.75) is 98.0 Å². The van der Waals surface area contributed by atoms with Crippen LogP contribution in [0.15, 0.2) is 35.3 Å². The van der Waals surface area contributed by atoms with E-state index in [-0.39, 0.29) is 11.6 Å². The number of hydrogen-bond donors (Lipinski definition) is 0. The van der Waals surface area contributed by atoms with E-state index >= 15 is 0 Å². The van der Waals surface area contributed by atoms with Gasteiger partial charge < -0.3 is 18.8 Å². The maximum Gasteiger partial charge on any atom is 0.358 e. The molecule has 0 spiro atoms. The number of anilines is 2. The molecule has 270 valence electrons. The van der Waals surface area contributed by atoms with Crippen molar-refractivity contribution < 1.29 is 18.7 Å². The lowest BCUT2D eigenvalue weighted by Crippen LogP contribution is -2.40. The number of thiazole rings is 2. The second-order valence-corrected chi connectivity index (χ2v) is 27.8. The molecule has 0 aliphatic carbocycles. The normalized spacial score (nSPS) is 14.6. The van der Waals surface area contributed by atoms with E-state index in [1.807, 2.05) is 24.3 Å². The highest BCUT2D eigenvalue weighted by molar-refractivity contribution is 7.17. The van der Waals surface area contributed by atoms with Crippen molar-refractivity contribution >= 4 is 78.1 Å². The Labute approximate surface area is 306 Å². The van der Waals surface area contributed by atoms with Crippen molar-refractivity contribution in [3.05, 3.63) is 56.8 Å². The van der Waals surface area contributed by atoms with Crippen molar-refractivity contribution in [1.82, 2.24) is 19.7 Å². The fourth-order valence-electron chi connectivity index (χ4n) is 5.24. The van der Waals surface area contributed by atoms with Crippen LogP contribution < -0.4 is 9.70 Å². The van der Waals surface area contributed by atoms with Crippen LogP contribution in [0.25, 0.3) is 16.3 Å². The topological polar surface area (TPSA) is 104 Å². The molecule has 14 heteroatoms. The zero-order valence-electron chi connectivity index (χ0n) is 31.3. The fourth-order valence-corrected chi connectivity index (χ4v) is 8.97. The van der Waals surface area contributed by atoms with Crippen LogP contribution in [0.4, 0.5) is 16.8 Å². The number of ether oxygens (including phenoxy) is 2. The summed E-state index contributed by atoms with van der Waals surface area (Å²) in [7, 11) is -3.11.